The van der Waals surface area contributed by atoms with Gasteiger partial charge in [0.15, 0.2) is 0 Å². The van der Waals surface area contributed by atoms with Gasteiger partial charge >= 0.3 is 0 Å². The lowest BCUT2D eigenvalue weighted by Crippen LogP contribution is -2.53. The fourth-order valence-electron chi connectivity index (χ4n) is 4.54. The molecule has 2 fully saturated rings. The predicted octanol–water partition coefficient (Wildman–Crippen LogP) is 4.20. The lowest BCUT2D eigenvalue weighted by Gasteiger charge is -2.46. The first-order chi connectivity index (χ1) is 14.2. The molecular weight excluding hydrogens is 366 g/mol. The van der Waals surface area contributed by atoms with Crippen molar-refractivity contribution in [3.63, 3.8) is 0 Å². The Balaban J connectivity index is 1.37. The Labute approximate surface area is 175 Å². The summed E-state index contributed by atoms with van der Waals surface area (Å²) in [4.78, 5) is 14.7. The Kier molecular flexibility index (Phi) is 8.52. The van der Waals surface area contributed by atoms with Crippen molar-refractivity contribution in [3.05, 3.63) is 35.9 Å². The fourth-order valence-corrected chi connectivity index (χ4v) is 4.54. The van der Waals surface area contributed by atoms with Crippen molar-refractivity contribution >= 4 is 5.91 Å². The molecule has 0 radical (unpaired) electrons. The van der Waals surface area contributed by atoms with Crippen molar-refractivity contribution in [2.24, 2.45) is 5.92 Å². The van der Waals surface area contributed by atoms with Crippen LogP contribution in [0.5, 0.6) is 0 Å². The van der Waals surface area contributed by atoms with Crippen LogP contribution in [-0.2, 0) is 25.6 Å². The molecule has 5 nitrogen and oxygen atoms in total. The highest BCUT2D eigenvalue weighted by molar-refractivity contribution is 5.78. The summed E-state index contributed by atoms with van der Waals surface area (Å²) in [7, 11) is 0. The van der Waals surface area contributed by atoms with Gasteiger partial charge in [-0.3, -0.25) is 4.79 Å². The predicted molar refractivity (Wildman–Crippen MR) is 114 cm³/mol. The third kappa shape index (κ3) is 6.27. The van der Waals surface area contributed by atoms with Crippen molar-refractivity contribution in [1.29, 1.82) is 0 Å². The summed E-state index contributed by atoms with van der Waals surface area (Å²) >= 11 is 0. The van der Waals surface area contributed by atoms with Crippen LogP contribution in [0, 0.1) is 5.92 Å². The van der Waals surface area contributed by atoms with E-state index in [1.165, 1.54) is 5.56 Å². The van der Waals surface area contributed by atoms with Crippen LogP contribution in [0.3, 0.4) is 0 Å². The van der Waals surface area contributed by atoms with Gasteiger partial charge in [-0.05, 0) is 37.7 Å². The molecule has 3 rings (SSSR count). The van der Waals surface area contributed by atoms with E-state index in [4.69, 9.17) is 14.2 Å². The molecule has 2 aliphatic rings. The Morgan fingerprint density at radius 3 is 2.59 bits per heavy atom. The number of nitrogens with zero attached hydrogens (tertiary/aromatic N) is 1. The Morgan fingerprint density at radius 2 is 1.90 bits per heavy atom. The summed E-state index contributed by atoms with van der Waals surface area (Å²) in [6, 6.07) is 10.2. The van der Waals surface area contributed by atoms with E-state index in [0.717, 1.165) is 58.2 Å². The van der Waals surface area contributed by atoms with Gasteiger partial charge in [-0.15, -0.1) is 0 Å². The molecule has 1 atom stereocenters. The molecule has 2 aliphatic heterocycles. The van der Waals surface area contributed by atoms with Crippen molar-refractivity contribution in [3.8, 4) is 0 Å². The first-order valence-corrected chi connectivity index (χ1v) is 11.3. The molecule has 5 heteroatoms. The number of rotatable bonds is 9. The molecule has 2 heterocycles. The first kappa shape index (κ1) is 22.3. The van der Waals surface area contributed by atoms with Gasteiger partial charge < -0.3 is 19.1 Å². The minimum Gasteiger partial charge on any atom is -0.376 e. The summed E-state index contributed by atoms with van der Waals surface area (Å²) in [6.07, 6.45) is 5.79. The van der Waals surface area contributed by atoms with E-state index in [2.05, 4.69) is 26.0 Å². The zero-order valence-corrected chi connectivity index (χ0v) is 18.1. The lowest BCUT2D eigenvalue weighted by molar-refractivity contribution is -0.165. The molecule has 162 valence electrons. The maximum atomic E-state index is 12.6. The van der Waals surface area contributed by atoms with E-state index in [9.17, 15) is 4.79 Å². The maximum absolute atomic E-state index is 12.6. The van der Waals surface area contributed by atoms with Crippen LogP contribution >= 0.6 is 0 Å². The van der Waals surface area contributed by atoms with Crippen molar-refractivity contribution in [1.82, 2.24) is 4.90 Å². The third-order valence-corrected chi connectivity index (χ3v) is 6.46. The van der Waals surface area contributed by atoms with Gasteiger partial charge in [0, 0.05) is 32.0 Å². The standard InChI is InChI=1S/C24H37NO4/c1-3-21(4-2)23(26)25-13-11-24(12-14-25)18-22(10-15-29-24)28-17-16-27-19-20-8-6-5-7-9-20/h5-9,21-22H,3-4,10-19H2,1-2H3. The normalized spacial score (nSPS) is 21.6. The zero-order valence-electron chi connectivity index (χ0n) is 18.1. The number of piperidine rings is 1. The van der Waals surface area contributed by atoms with E-state index in [1.54, 1.807) is 0 Å². The second-order valence-electron chi connectivity index (χ2n) is 8.39. The summed E-state index contributed by atoms with van der Waals surface area (Å²) in [5.41, 5.74) is 1.07. The smallest absolute Gasteiger partial charge is 0.225 e. The number of benzene rings is 1. The molecule has 1 amide bonds. The highest BCUT2D eigenvalue weighted by Crippen LogP contribution is 2.36. The van der Waals surface area contributed by atoms with Crippen LogP contribution in [0.4, 0.5) is 0 Å². The minimum atomic E-state index is -0.113. The third-order valence-electron chi connectivity index (χ3n) is 6.46. The summed E-state index contributed by atoms with van der Waals surface area (Å²) in [6.45, 7) is 8.42. The molecule has 2 saturated heterocycles. The Hall–Kier alpha value is -1.43. The molecule has 0 aromatic heterocycles. The molecule has 0 saturated carbocycles. The van der Waals surface area contributed by atoms with Gasteiger partial charge in [-0.25, -0.2) is 0 Å². The SMILES string of the molecule is CCC(CC)C(=O)N1CCC2(CC1)CC(OCCOCc1ccccc1)CCO2. The second kappa shape index (κ2) is 11.1. The molecule has 0 N–H and O–H groups in total. The molecule has 1 spiro atoms. The van der Waals surface area contributed by atoms with Crippen LogP contribution in [0.15, 0.2) is 30.3 Å². The number of hydrogen-bond donors (Lipinski definition) is 0. The van der Waals surface area contributed by atoms with Gasteiger partial charge in [-0.2, -0.15) is 0 Å². The lowest BCUT2D eigenvalue weighted by atomic mass is 9.83. The highest BCUT2D eigenvalue weighted by Gasteiger charge is 2.41. The quantitative estimate of drug-likeness (QED) is 0.580. The summed E-state index contributed by atoms with van der Waals surface area (Å²) in [5, 5.41) is 0. The van der Waals surface area contributed by atoms with Gasteiger partial charge in [0.1, 0.15) is 0 Å². The van der Waals surface area contributed by atoms with Crippen LogP contribution in [0.2, 0.25) is 0 Å². The Morgan fingerprint density at radius 1 is 1.17 bits per heavy atom. The van der Waals surface area contributed by atoms with Crippen molar-refractivity contribution in [2.75, 3.05) is 32.9 Å². The molecular formula is C24H37NO4. The zero-order chi connectivity index (χ0) is 20.5. The van der Waals surface area contributed by atoms with E-state index in [1.807, 2.05) is 23.1 Å². The molecule has 1 aromatic rings. The van der Waals surface area contributed by atoms with Gasteiger partial charge in [0.05, 0.1) is 31.5 Å². The molecule has 29 heavy (non-hydrogen) atoms. The topological polar surface area (TPSA) is 48.0 Å². The van der Waals surface area contributed by atoms with Crippen molar-refractivity contribution in [2.45, 2.75) is 70.7 Å². The number of ether oxygens (including phenoxy) is 3. The number of hydrogen-bond acceptors (Lipinski definition) is 4. The van der Waals surface area contributed by atoms with Crippen LogP contribution in [0.25, 0.3) is 0 Å². The molecule has 0 aliphatic carbocycles. The highest BCUT2D eigenvalue weighted by atomic mass is 16.5. The molecule has 1 unspecified atom stereocenters. The summed E-state index contributed by atoms with van der Waals surface area (Å²) in [5.74, 6) is 0.493. The summed E-state index contributed by atoms with van der Waals surface area (Å²) < 4.78 is 18.1. The van der Waals surface area contributed by atoms with Gasteiger partial charge in [0.2, 0.25) is 5.91 Å². The minimum absolute atomic E-state index is 0.113. The number of carbonyl (C=O) groups is 1. The largest absolute Gasteiger partial charge is 0.376 e. The van der Waals surface area contributed by atoms with Crippen LogP contribution in [0.1, 0.15) is 57.9 Å². The fraction of sp³-hybridized carbons (Fsp3) is 0.708. The molecule has 1 aromatic carbocycles. The van der Waals surface area contributed by atoms with E-state index in [-0.39, 0.29) is 17.6 Å². The monoisotopic (exact) mass is 403 g/mol. The maximum Gasteiger partial charge on any atom is 0.225 e. The molecule has 0 bridgehead atoms. The Bertz CT molecular complexity index is 609. The average Bonchev–Trinajstić information content (AvgIpc) is 2.76. The van der Waals surface area contributed by atoms with Crippen molar-refractivity contribution < 1.29 is 19.0 Å². The van der Waals surface area contributed by atoms with E-state index in [0.29, 0.717) is 25.7 Å². The van der Waals surface area contributed by atoms with Gasteiger partial charge in [-0.1, -0.05) is 44.2 Å². The second-order valence-corrected chi connectivity index (χ2v) is 8.39. The number of carbonyl (C=O) groups excluding carboxylic acids is 1. The van der Waals surface area contributed by atoms with Gasteiger partial charge in [0.25, 0.3) is 0 Å². The first-order valence-electron chi connectivity index (χ1n) is 11.3. The van der Waals surface area contributed by atoms with E-state index < -0.39 is 0 Å². The van der Waals surface area contributed by atoms with E-state index >= 15 is 0 Å². The van der Waals surface area contributed by atoms with Crippen LogP contribution < -0.4 is 0 Å². The number of likely N-dealkylation sites (tertiary alicyclic amines) is 1. The average molecular weight is 404 g/mol. The van der Waals surface area contributed by atoms with Crippen LogP contribution in [-0.4, -0.2) is 55.4 Å². The number of amides is 1.